The van der Waals surface area contributed by atoms with Gasteiger partial charge in [0.15, 0.2) is 11.8 Å². The van der Waals surface area contributed by atoms with E-state index in [2.05, 4.69) is 19.6 Å². The van der Waals surface area contributed by atoms with E-state index in [1.807, 2.05) is 12.1 Å². The van der Waals surface area contributed by atoms with E-state index >= 15 is 0 Å². The van der Waals surface area contributed by atoms with Gasteiger partial charge in [-0.25, -0.2) is 0 Å². The van der Waals surface area contributed by atoms with E-state index in [4.69, 9.17) is 4.42 Å². The van der Waals surface area contributed by atoms with Crippen molar-refractivity contribution in [3.8, 4) is 0 Å². The Bertz CT molecular complexity index is 217. The molecule has 0 aliphatic carbocycles. The number of furan rings is 1. The smallest absolute Gasteiger partial charge is 0.195 e. The molecule has 0 amide bonds. The molecule has 13 heavy (non-hydrogen) atoms. The Morgan fingerprint density at radius 1 is 1.46 bits per heavy atom. The highest BCUT2D eigenvalue weighted by molar-refractivity contribution is 5.01. The van der Waals surface area contributed by atoms with Crippen LogP contribution in [0.1, 0.15) is 25.6 Å². The van der Waals surface area contributed by atoms with Crippen LogP contribution in [-0.4, -0.2) is 19.6 Å². The summed E-state index contributed by atoms with van der Waals surface area (Å²) in [4.78, 5) is 1.53. The molecule has 1 atom stereocenters. The molecule has 1 heterocycles. The van der Waals surface area contributed by atoms with E-state index in [0.717, 1.165) is 25.4 Å². The predicted molar refractivity (Wildman–Crippen MR) is 51.2 cm³/mol. The van der Waals surface area contributed by atoms with E-state index in [9.17, 15) is 0 Å². The highest BCUT2D eigenvalue weighted by Crippen LogP contribution is 2.07. The monoisotopic (exact) mass is 184 g/mol. The number of likely N-dealkylation sites (N-methyl/N-ethyl adjacent to an activating group) is 1. The molecule has 0 fully saturated rings. The lowest BCUT2D eigenvalue weighted by atomic mass is 10.2. The number of hydrogen-bond acceptors (Lipinski definition) is 1. The van der Waals surface area contributed by atoms with E-state index in [1.165, 1.54) is 4.90 Å². The molecule has 3 nitrogen and oxygen atoms in total. The molecule has 0 saturated carbocycles. The topological polar surface area (TPSA) is 45.2 Å². The Morgan fingerprint density at radius 3 is 2.54 bits per heavy atom. The largest absolute Gasteiger partial charge is 0.463 e. The minimum absolute atomic E-state index is 0.421. The Morgan fingerprint density at radius 2 is 2.15 bits per heavy atom. The van der Waals surface area contributed by atoms with Crippen LogP contribution in [-0.2, 0) is 0 Å². The first-order valence-corrected chi connectivity index (χ1v) is 5.00. The van der Waals surface area contributed by atoms with Crippen molar-refractivity contribution in [3.63, 3.8) is 0 Å². The fourth-order valence-corrected chi connectivity index (χ4v) is 1.78. The highest BCUT2D eigenvalue weighted by atomic mass is 16.3. The summed E-state index contributed by atoms with van der Waals surface area (Å²) in [6.45, 7) is 7.54. The maximum absolute atomic E-state index is 5.41. The minimum Gasteiger partial charge on any atom is -0.463 e. The molecule has 1 aromatic heterocycles. The zero-order valence-corrected chi connectivity index (χ0v) is 8.55. The van der Waals surface area contributed by atoms with Crippen LogP contribution >= 0.6 is 0 Å². The second kappa shape index (κ2) is 5.04. The van der Waals surface area contributed by atoms with Crippen LogP contribution in [0.15, 0.2) is 22.8 Å². The quantitative estimate of drug-likeness (QED) is 0.636. The molecule has 4 N–H and O–H groups in total. The van der Waals surface area contributed by atoms with Gasteiger partial charge in [0.1, 0.15) is 6.54 Å². The zero-order valence-electron chi connectivity index (χ0n) is 8.55. The normalized spacial score (nSPS) is 13.5. The molecule has 0 saturated heterocycles. The summed E-state index contributed by atoms with van der Waals surface area (Å²) in [5.74, 6) is 1.06. The van der Waals surface area contributed by atoms with Crippen LogP contribution in [0, 0.1) is 0 Å². The van der Waals surface area contributed by atoms with E-state index < -0.39 is 0 Å². The Labute approximate surface area is 79.5 Å². The molecule has 0 radical (unpaired) electrons. The van der Waals surface area contributed by atoms with Crippen molar-refractivity contribution in [2.24, 2.45) is 0 Å². The molecule has 3 heteroatoms. The lowest BCUT2D eigenvalue weighted by molar-refractivity contribution is -0.935. The van der Waals surface area contributed by atoms with Crippen molar-refractivity contribution in [3.05, 3.63) is 24.2 Å². The molecular formula is C10H20N2O+2. The van der Waals surface area contributed by atoms with Gasteiger partial charge in [-0.05, 0) is 26.0 Å². The third-order valence-electron chi connectivity index (χ3n) is 2.58. The number of nitrogens with one attached hydrogen (secondary N) is 1. The third-order valence-corrected chi connectivity index (χ3v) is 2.58. The van der Waals surface area contributed by atoms with E-state index in [-0.39, 0.29) is 0 Å². The molecule has 0 unspecified atom stereocenters. The number of hydrogen-bond donors (Lipinski definition) is 2. The van der Waals surface area contributed by atoms with Crippen molar-refractivity contribution in [1.29, 1.82) is 0 Å². The summed E-state index contributed by atoms with van der Waals surface area (Å²) < 4.78 is 5.41. The maximum atomic E-state index is 5.41. The molecule has 0 spiro atoms. The van der Waals surface area contributed by atoms with Gasteiger partial charge >= 0.3 is 0 Å². The van der Waals surface area contributed by atoms with Crippen molar-refractivity contribution < 1.29 is 15.1 Å². The van der Waals surface area contributed by atoms with Crippen LogP contribution in [0.5, 0.6) is 0 Å². The third kappa shape index (κ3) is 2.32. The standard InChI is InChI=1S/C10H18N2O/c1-3-12(4-2)9(8-11)10-6-5-7-13-10/h5-7,9H,3-4,8,11H2,1-2H3/p+2/t9-/m1/s1. The molecule has 0 aliphatic heterocycles. The van der Waals surface area contributed by atoms with Crippen LogP contribution in [0.4, 0.5) is 0 Å². The number of quaternary nitrogens is 2. The van der Waals surface area contributed by atoms with Crippen LogP contribution < -0.4 is 10.6 Å². The lowest BCUT2D eigenvalue weighted by Gasteiger charge is -2.22. The van der Waals surface area contributed by atoms with Gasteiger partial charge in [-0.1, -0.05) is 0 Å². The summed E-state index contributed by atoms with van der Waals surface area (Å²) in [6, 6.07) is 4.41. The molecule has 1 rings (SSSR count). The van der Waals surface area contributed by atoms with Gasteiger partial charge in [0, 0.05) is 0 Å². The molecule has 0 aliphatic rings. The average Bonchev–Trinajstić information content (AvgIpc) is 2.66. The van der Waals surface area contributed by atoms with Crippen molar-refractivity contribution in [1.82, 2.24) is 0 Å². The summed E-state index contributed by atoms with van der Waals surface area (Å²) in [5.41, 5.74) is 3.98. The fraction of sp³-hybridized carbons (Fsp3) is 0.600. The summed E-state index contributed by atoms with van der Waals surface area (Å²) in [7, 11) is 0. The minimum atomic E-state index is 0.421. The highest BCUT2D eigenvalue weighted by Gasteiger charge is 2.23. The molecule has 74 valence electrons. The predicted octanol–water partition coefficient (Wildman–Crippen LogP) is -0.513. The van der Waals surface area contributed by atoms with Gasteiger partial charge in [-0.3, -0.25) is 0 Å². The summed E-state index contributed by atoms with van der Waals surface area (Å²) in [5, 5.41) is 0. The van der Waals surface area contributed by atoms with Crippen molar-refractivity contribution in [2.75, 3.05) is 19.6 Å². The van der Waals surface area contributed by atoms with Gasteiger partial charge in [-0.15, -0.1) is 0 Å². The second-order valence-electron chi connectivity index (χ2n) is 3.22. The first-order valence-electron chi connectivity index (χ1n) is 5.00. The van der Waals surface area contributed by atoms with E-state index in [0.29, 0.717) is 6.04 Å². The fourth-order valence-electron chi connectivity index (χ4n) is 1.78. The zero-order chi connectivity index (χ0) is 9.68. The maximum Gasteiger partial charge on any atom is 0.195 e. The van der Waals surface area contributed by atoms with Crippen LogP contribution in [0.3, 0.4) is 0 Å². The second-order valence-corrected chi connectivity index (χ2v) is 3.22. The average molecular weight is 184 g/mol. The Kier molecular flexibility index (Phi) is 3.99. The molecule has 0 bridgehead atoms. The van der Waals surface area contributed by atoms with Gasteiger partial charge < -0.3 is 15.1 Å². The lowest BCUT2D eigenvalue weighted by Crippen LogP contribution is -3.13. The van der Waals surface area contributed by atoms with Gasteiger partial charge in [0.05, 0.1) is 19.4 Å². The molecule has 1 aromatic rings. The SMILES string of the molecule is CC[NH+](CC)[C@H](C[NH3+])c1ccco1. The summed E-state index contributed by atoms with van der Waals surface area (Å²) >= 11 is 0. The molecule has 0 aromatic carbocycles. The summed E-state index contributed by atoms with van der Waals surface area (Å²) in [6.07, 6.45) is 1.74. The molecular weight excluding hydrogens is 164 g/mol. The van der Waals surface area contributed by atoms with Crippen LogP contribution in [0.2, 0.25) is 0 Å². The first kappa shape index (κ1) is 10.3. The van der Waals surface area contributed by atoms with Crippen LogP contribution in [0.25, 0.3) is 0 Å². The van der Waals surface area contributed by atoms with Gasteiger partial charge in [-0.2, -0.15) is 0 Å². The Hall–Kier alpha value is -0.800. The van der Waals surface area contributed by atoms with Gasteiger partial charge in [0.25, 0.3) is 0 Å². The van der Waals surface area contributed by atoms with Gasteiger partial charge in [0.2, 0.25) is 0 Å². The van der Waals surface area contributed by atoms with Crippen molar-refractivity contribution >= 4 is 0 Å². The van der Waals surface area contributed by atoms with Crippen molar-refractivity contribution in [2.45, 2.75) is 19.9 Å². The Balaban J connectivity index is 2.72. The first-order chi connectivity index (χ1) is 6.33. The van der Waals surface area contributed by atoms with E-state index in [1.54, 1.807) is 6.26 Å². The number of rotatable bonds is 5.